The van der Waals surface area contributed by atoms with E-state index in [2.05, 4.69) is 0 Å². The van der Waals surface area contributed by atoms with E-state index in [1.165, 1.54) is 51.4 Å². The standard InChI is InChI=1S/C16H26N2O/c1-12(17-15-6-2-13(10-15)3-7-15)18(19)16-8-4-14(11-16)5-9-16/h13-14,19H,2-11H2,1H3. The summed E-state index contributed by atoms with van der Waals surface area (Å²) < 4.78 is 0. The first-order valence-corrected chi connectivity index (χ1v) is 8.17. The first-order chi connectivity index (χ1) is 9.11. The molecule has 0 atom stereocenters. The molecule has 3 heteroatoms. The van der Waals surface area contributed by atoms with Crippen LogP contribution in [-0.2, 0) is 0 Å². The maximum absolute atomic E-state index is 10.7. The summed E-state index contributed by atoms with van der Waals surface area (Å²) in [6.07, 6.45) is 12.6. The fourth-order valence-electron chi connectivity index (χ4n) is 5.51. The smallest absolute Gasteiger partial charge is 0.121 e. The van der Waals surface area contributed by atoms with Crippen LogP contribution in [0.1, 0.15) is 71.1 Å². The minimum Gasteiger partial charge on any atom is -0.287 e. The summed E-state index contributed by atoms with van der Waals surface area (Å²) in [5.41, 5.74) is 0.245. The predicted octanol–water partition coefficient (Wildman–Crippen LogP) is 3.76. The van der Waals surface area contributed by atoms with E-state index in [1.807, 2.05) is 6.92 Å². The molecule has 0 unspecified atom stereocenters. The van der Waals surface area contributed by atoms with Gasteiger partial charge in [-0.2, -0.15) is 0 Å². The predicted molar refractivity (Wildman–Crippen MR) is 75.3 cm³/mol. The van der Waals surface area contributed by atoms with E-state index in [0.717, 1.165) is 30.5 Å². The Labute approximate surface area is 116 Å². The maximum atomic E-state index is 10.7. The second-order valence-corrected chi connectivity index (χ2v) is 7.71. The number of aliphatic imine (C=N–C) groups is 1. The number of hydrogen-bond acceptors (Lipinski definition) is 2. The largest absolute Gasteiger partial charge is 0.287 e. The Hall–Kier alpha value is -0.570. The molecular formula is C16H26N2O. The summed E-state index contributed by atoms with van der Waals surface area (Å²) in [4.78, 5) is 5.02. The number of nitrogens with zero attached hydrogens (tertiary/aromatic N) is 2. The second kappa shape index (κ2) is 3.97. The zero-order valence-corrected chi connectivity index (χ0v) is 12.1. The van der Waals surface area contributed by atoms with Crippen molar-refractivity contribution in [2.45, 2.75) is 82.2 Å². The van der Waals surface area contributed by atoms with Crippen molar-refractivity contribution in [2.75, 3.05) is 0 Å². The highest BCUT2D eigenvalue weighted by atomic mass is 16.5. The molecule has 0 aromatic heterocycles. The molecule has 4 saturated carbocycles. The zero-order chi connectivity index (χ0) is 13.1. The van der Waals surface area contributed by atoms with E-state index >= 15 is 0 Å². The molecule has 0 amide bonds. The van der Waals surface area contributed by atoms with Gasteiger partial charge in [0.05, 0.1) is 11.1 Å². The average molecular weight is 262 g/mol. The van der Waals surface area contributed by atoms with E-state index < -0.39 is 0 Å². The van der Waals surface area contributed by atoms with Crippen molar-refractivity contribution >= 4 is 5.84 Å². The molecule has 0 aliphatic heterocycles. The fourth-order valence-corrected chi connectivity index (χ4v) is 5.51. The highest BCUT2D eigenvalue weighted by molar-refractivity contribution is 5.80. The Morgan fingerprint density at radius 1 is 1.00 bits per heavy atom. The Morgan fingerprint density at radius 2 is 1.58 bits per heavy atom. The van der Waals surface area contributed by atoms with Crippen LogP contribution in [0.15, 0.2) is 4.99 Å². The molecule has 4 bridgehead atoms. The summed E-state index contributed by atoms with van der Waals surface area (Å²) in [5.74, 6) is 2.68. The number of fused-ring (bicyclic) bond motifs is 4. The third-order valence-corrected chi connectivity index (χ3v) is 6.56. The minimum atomic E-state index is 0.0471. The molecule has 4 aliphatic carbocycles. The van der Waals surface area contributed by atoms with Gasteiger partial charge in [-0.05, 0) is 83.0 Å². The van der Waals surface area contributed by atoms with Gasteiger partial charge in [0.15, 0.2) is 0 Å². The molecule has 0 radical (unpaired) electrons. The van der Waals surface area contributed by atoms with E-state index in [4.69, 9.17) is 4.99 Å². The molecule has 0 heterocycles. The average Bonchev–Trinajstić information content (AvgIpc) is 3.17. The molecule has 4 fully saturated rings. The molecule has 1 N–H and O–H groups in total. The van der Waals surface area contributed by atoms with E-state index in [0.29, 0.717) is 0 Å². The summed E-state index contributed by atoms with van der Waals surface area (Å²) in [7, 11) is 0. The third kappa shape index (κ3) is 1.77. The molecule has 3 nitrogen and oxygen atoms in total. The van der Waals surface area contributed by atoms with Crippen molar-refractivity contribution in [2.24, 2.45) is 16.8 Å². The van der Waals surface area contributed by atoms with Gasteiger partial charge in [-0.1, -0.05) is 0 Å². The molecule has 19 heavy (non-hydrogen) atoms. The Morgan fingerprint density at radius 3 is 2.05 bits per heavy atom. The van der Waals surface area contributed by atoms with Crippen molar-refractivity contribution < 1.29 is 5.21 Å². The van der Waals surface area contributed by atoms with Crippen LogP contribution in [0.4, 0.5) is 0 Å². The van der Waals surface area contributed by atoms with Gasteiger partial charge in [-0.3, -0.25) is 10.2 Å². The van der Waals surface area contributed by atoms with E-state index in [1.54, 1.807) is 5.06 Å². The van der Waals surface area contributed by atoms with Crippen molar-refractivity contribution in [3.63, 3.8) is 0 Å². The van der Waals surface area contributed by atoms with Crippen LogP contribution < -0.4 is 0 Å². The lowest BCUT2D eigenvalue weighted by atomic mass is 9.92. The lowest BCUT2D eigenvalue weighted by Crippen LogP contribution is -2.47. The Bertz CT molecular complexity index is 401. The fraction of sp³-hybridized carbons (Fsp3) is 0.938. The second-order valence-electron chi connectivity index (χ2n) is 7.71. The monoisotopic (exact) mass is 262 g/mol. The molecular weight excluding hydrogens is 236 g/mol. The number of amidine groups is 1. The van der Waals surface area contributed by atoms with E-state index in [-0.39, 0.29) is 11.1 Å². The number of hydroxylamine groups is 2. The maximum Gasteiger partial charge on any atom is 0.121 e. The van der Waals surface area contributed by atoms with Gasteiger partial charge < -0.3 is 0 Å². The Kier molecular flexibility index (Phi) is 2.55. The van der Waals surface area contributed by atoms with Crippen molar-refractivity contribution in [1.29, 1.82) is 0 Å². The van der Waals surface area contributed by atoms with Crippen LogP contribution >= 0.6 is 0 Å². The molecule has 0 aromatic rings. The van der Waals surface area contributed by atoms with Gasteiger partial charge in [0.25, 0.3) is 0 Å². The first-order valence-electron chi connectivity index (χ1n) is 8.17. The van der Waals surface area contributed by atoms with Crippen molar-refractivity contribution in [1.82, 2.24) is 5.06 Å². The van der Waals surface area contributed by atoms with Gasteiger partial charge >= 0.3 is 0 Å². The summed E-state index contributed by atoms with van der Waals surface area (Å²) in [6.45, 7) is 2.03. The van der Waals surface area contributed by atoms with Crippen molar-refractivity contribution in [3.8, 4) is 0 Å². The van der Waals surface area contributed by atoms with Gasteiger partial charge in [-0.15, -0.1) is 0 Å². The molecule has 0 aromatic carbocycles. The molecule has 4 aliphatic rings. The third-order valence-electron chi connectivity index (χ3n) is 6.56. The summed E-state index contributed by atoms with van der Waals surface area (Å²) in [5, 5.41) is 12.3. The quantitative estimate of drug-likeness (QED) is 0.467. The van der Waals surface area contributed by atoms with Crippen LogP contribution in [0.25, 0.3) is 0 Å². The highest BCUT2D eigenvalue weighted by Crippen LogP contribution is 2.52. The highest BCUT2D eigenvalue weighted by Gasteiger charge is 2.50. The van der Waals surface area contributed by atoms with Crippen LogP contribution in [0.3, 0.4) is 0 Å². The van der Waals surface area contributed by atoms with Crippen LogP contribution in [-0.4, -0.2) is 27.2 Å². The normalized spacial score (nSPS) is 48.2. The van der Waals surface area contributed by atoms with Crippen LogP contribution in [0.5, 0.6) is 0 Å². The first kappa shape index (κ1) is 12.2. The zero-order valence-electron chi connectivity index (χ0n) is 12.1. The number of hydrogen-bond donors (Lipinski definition) is 1. The number of rotatable bonds is 2. The lowest BCUT2D eigenvalue weighted by molar-refractivity contribution is -0.105. The Balaban J connectivity index is 1.55. The summed E-state index contributed by atoms with van der Waals surface area (Å²) in [6, 6.07) is 0. The topological polar surface area (TPSA) is 35.8 Å². The van der Waals surface area contributed by atoms with Gasteiger partial charge in [-0.25, -0.2) is 5.06 Å². The lowest BCUT2D eigenvalue weighted by Gasteiger charge is -2.37. The SMILES string of the molecule is CC(=NC12CCC(CC1)C2)N(O)C12CCC(CC1)C2. The molecule has 0 saturated heterocycles. The minimum absolute atomic E-state index is 0.0471. The summed E-state index contributed by atoms with van der Waals surface area (Å²) >= 11 is 0. The molecule has 0 spiro atoms. The van der Waals surface area contributed by atoms with Gasteiger partial charge in [0.2, 0.25) is 0 Å². The van der Waals surface area contributed by atoms with Gasteiger partial charge in [0, 0.05) is 0 Å². The van der Waals surface area contributed by atoms with Gasteiger partial charge in [0.1, 0.15) is 5.84 Å². The van der Waals surface area contributed by atoms with Crippen LogP contribution in [0, 0.1) is 11.8 Å². The van der Waals surface area contributed by atoms with Crippen molar-refractivity contribution in [3.05, 3.63) is 0 Å². The van der Waals surface area contributed by atoms with E-state index in [9.17, 15) is 5.21 Å². The molecule has 106 valence electrons. The molecule has 4 rings (SSSR count). The van der Waals surface area contributed by atoms with Crippen LogP contribution in [0.2, 0.25) is 0 Å².